The quantitative estimate of drug-likeness (QED) is 0.632. The molecule has 126 valence electrons. The number of esters is 1. The second-order valence-corrected chi connectivity index (χ2v) is 5.06. The van der Waals surface area contributed by atoms with Gasteiger partial charge in [-0.15, -0.1) is 0 Å². The van der Waals surface area contributed by atoms with E-state index in [0.29, 0.717) is 18.6 Å². The van der Waals surface area contributed by atoms with Gasteiger partial charge in [0.05, 0.1) is 10.6 Å². The van der Waals surface area contributed by atoms with Gasteiger partial charge in [0.1, 0.15) is 0 Å². The largest absolute Gasteiger partial charge is 0.452 e. The lowest BCUT2D eigenvalue weighted by Crippen LogP contribution is -2.44. The number of amides is 3. The number of hydrogen-bond acceptors (Lipinski definition) is 4. The van der Waals surface area contributed by atoms with Crippen molar-refractivity contribution in [3.63, 3.8) is 0 Å². The van der Waals surface area contributed by atoms with E-state index in [9.17, 15) is 23.2 Å². The van der Waals surface area contributed by atoms with Gasteiger partial charge in [-0.05, 0) is 25.5 Å². The molecule has 1 rings (SSSR count). The summed E-state index contributed by atoms with van der Waals surface area (Å²) in [6.45, 7) is 2.82. The van der Waals surface area contributed by atoms with Gasteiger partial charge in [0, 0.05) is 6.04 Å². The number of carbonyl (C=O) groups is 3. The van der Waals surface area contributed by atoms with Crippen molar-refractivity contribution in [3.05, 3.63) is 34.4 Å². The van der Waals surface area contributed by atoms with E-state index >= 15 is 0 Å². The lowest BCUT2D eigenvalue weighted by molar-refractivity contribution is -0.123. The first-order chi connectivity index (χ1) is 10.7. The first kappa shape index (κ1) is 18.8. The van der Waals surface area contributed by atoms with Crippen molar-refractivity contribution in [3.8, 4) is 0 Å². The predicted octanol–water partition coefficient (Wildman–Crippen LogP) is 2.40. The van der Waals surface area contributed by atoms with Crippen LogP contribution in [0.5, 0.6) is 0 Å². The molecule has 9 heteroatoms. The molecule has 0 bridgehead atoms. The van der Waals surface area contributed by atoms with Crippen molar-refractivity contribution in [2.45, 2.75) is 26.3 Å². The topological polar surface area (TPSA) is 84.5 Å². The van der Waals surface area contributed by atoms with E-state index in [1.165, 1.54) is 0 Å². The van der Waals surface area contributed by atoms with Crippen LogP contribution in [0.25, 0.3) is 0 Å². The average Bonchev–Trinajstić information content (AvgIpc) is 2.48. The van der Waals surface area contributed by atoms with Gasteiger partial charge in [-0.25, -0.2) is 18.4 Å². The van der Waals surface area contributed by atoms with Crippen molar-refractivity contribution in [2.24, 2.45) is 0 Å². The number of nitrogens with one attached hydrogen (secondary N) is 2. The summed E-state index contributed by atoms with van der Waals surface area (Å²) >= 11 is 5.60. The number of hydrogen-bond donors (Lipinski definition) is 2. The van der Waals surface area contributed by atoms with Crippen molar-refractivity contribution < 1.29 is 27.9 Å². The summed E-state index contributed by atoms with van der Waals surface area (Å²) in [7, 11) is 0. The van der Waals surface area contributed by atoms with Crippen LogP contribution in [0.3, 0.4) is 0 Å². The molecule has 0 unspecified atom stereocenters. The Labute approximate surface area is 136 Å². The molecule has 0 aliphatic heterocycles. The molecule has 23 heavy (non-hydrogen) atoms. The number of ether oxygens (including phenoxy) is 1. The van der Waals surface area contributed by atoms with Gasteiger partial charge in [0.25, 0.3) is 5.91 Å². The van der Waals surface area contributed by atoms with Gasteiger partial charge < -0.3 is 10.1 Å². The van der Waals surface area contributed by atoms with Crippen LogP contribution in [0.15, 0.2) is 12.1 Å². The van der Waals surface area contributed by atoms with E-state index in [0.717, 1.165) is 0 Å². The van der Waals surface area contributed by atoms with Gasteiger partial charge in [-0.1, -0.05) is 18.5 Å². The number of urea groups is 1. The van der Waals surface area contributed by atoms with Gasteiger partial charge in [-0.3, -0.25) is 10.1 Å². The Balaban J connectivity index is 2.55. The van der Waals surface area contributed by atoms with Crippen molar-refractivity contribution in [1.82, 2.24) is 10.6 Å². The Kier molecular flexibility index (Phi) is 6.89. The zero-order valence-corrected chi connectivity index (χ0v) is 13.2. The molecule has 0 fully saturated rings. The summed E-state index contributed by atoms with van der Waals surface area (Å²) in [5.41, 5.74) is -0.428. The Morgan fingerprint density at radius 2 is 1.87 bits per heavy atom. The first-order valence-corrected chi connectivity index (χ1v) is 7.04. The third-order valence-corrected chi connectivity index (χ3v) is 3.12. The Morgan fingerprint density at radius 3 is 2.48 bits per heavy atom. The maximum Gasteiger partial charge on any atom is 0.340 e. The molecule has 1 atom stereocenters. The van der Waals surface area contributed by atoms with E-state index in [4.69, 9.17) is 11.6 Å². The number of halogens is 3. The highest BCUT2D eigenvalue weighted by Crippen LogP contribution is 2.20. The van der Waals surface area contributed by atoms with E-state index in [-0.39, 0.29) is 11.1 Å². The molecule has 0 saturated carbocycles. The maximum atomic E-state index is 13.1. The smallest absolute Gasteiger partial charge is 0.340 e. The molecular weight excluding hydrogens is 334 g/mol. The summed E-state index contributed by atoms with van der Waals surface area (Å²) in [5.74, 6) is -4.49. The van der Waals surface area contributed by atoms with Crippen molar-refractivity contribution in [2.75, 3.05) is 6.61 Å². The molecule has 0 aromatic heterocycles. The molecule has 1 aromatic rings. The fourth-order valence-electron chi connectivity index (χ4n) is 1.41. The molecule has 3 amide bonds. The molecule has 0 saturated heterocycles. The highest BCUT2D eigenvalue weighted by Gasteiger charge is 2.18. The van der Waals surface area contributed by atoms with E-state index in [1.54, 1.807) is 6.92 Å². The maximum absolute atomic E-state index is 13.1. The van der Waals surface area contributed by atoms with E-state index < -0.39 is 41.7 Å². The molecule has 0 aliphatic carbocycles. The van der Waals surface area contributed by atoms with Crippen LogP contribution in [0, 0.1) is 11.6 Å². The fraction of sp³-hybridized carbons (Fsp3) is 0.357. The highest BCUT2D eigenvalue weighted by atomic mass is 35.5. The summed E-state index contributed by atoms with van der Waals surface area (Å²) in [4.78, 5) is 34.5. The second-order valence-electron chi connectivity index (χ2n) is 4.65. The molecule has 0 radical (unpaired) electrons. The molecular formula is C14H15ClF2N2O4. The van der Waals surface area contributed by atoms with Crippen molar-refractivity contribution >= 4 is 29.5 Å². The van der Waals surface area contributed by atoms with Gasteiger partial charge in [0.2, 0.25) is 0 Å². The van der Waals surface area contributed by atoms with Crippen LogP contribution in [-0.2, 0) is 9.53 Å². The number of benzene rings is 1. The highest BCUT2D eigenvalue weighted by molar-refractivity contribution is 6.33. The minimum Gasteiger partial charge on any atom is -0.452 e. The molecule has 0 aliphatic rings. The summed E-state index contributed by atoms with van der Waals surface area (Å²) in [5, 5.41) is 4.08. The molecule has 2 N–H and O–H groups in total. The molecule has 0 spiro atoms. The Morgan fingerprint density at radius 1 is 1.26 bits per heavy atom. The van der Waals surface area contributed by atoms with Crippen molar-refractivity contribution in [1.29, 1.82) is 0 Å². The molecule has 0 heterocycles. The molecule has 6 nitrogen and oxygen atoms in total. The summed E-state index contributed by atoms with van der Waals surface area (Å²) in [6.07, 6.45) is 0.672. The van der Waals surface area contributed by atoms with E-state index in [2.05, 4.69) is 10.1 Å². The number of carbonyl (C=O) groups excluding carboxylic acids is 3. The zero-order chi connectivity index (χ0) is 17.6. The monoisotopic (exact) mass is 348 g/mol. The zero-order valence-electron chi connectivity index (χ0n) is 12.4. The normalized spacial score (nSPS) is 11.5. The Hall–Kier alpha value is -2.22. The van der Waals surface area contributed by atoms with Crippen LogP contribution < -0.4 is 10.6 Å². The second kappa shape index (κ2) is 8.42. The summed E-state index contributed by atoms with van der Waals surface area (Å²) in [6, 6.07) is 0.318. The molecule has 1 aromatic carbocycles. The predicted molar refractivity (Wildman–Crippen MR) is 78.1 cm³/mol. The minimum atomic E-state index is -1.28. The minimum absolute atomic E-state index is 0.133. The van der Waals surface area contributed by atoms with E-state index in [1.807, 2.05) is 12.2 Å². The SMILES string of the molecule is CC[C@H](C)NC(=O)NC(=O)COC(=O)c1cc(F)c(F)cc1Cl. The van der Waals surface area contributed by atoms with Crippen LogP contribution >= 0.6 is 11.6 Å². The Bertz CT molecular complexity index is 625. The third kappa shape index (κ3) is 5.82. The van der Waals surface area contributed by atoms with Crippen LogP contribution in [0.2, 0.25) is 5.02 Å². The first-order valence-electron chi connectivity index (χ1n) is 6.66. The van der Waals surface area contributed by atoms with Gasteiger partial charge >= 0.3 is 12.0 Å². The summed E-state index contributed by atoms with van der Waals surface area (Å²) < 4.78 is 30.6. The van der Waals surface area contributed by atoms with Crippen LogP contribution in [0.1, 0.15) is 30.6 Å². The number of rotatable bonds is 5. The lowest BCUT2D eigenvalue weighted by atomic mass is 10.2. The van der Waals surface area contributed by atoms with Gasteiger partial charge in [-0.2, -0.15) is 0 Å². The lowest BCUT2D eigenvalue weighted by Gasteiger charge is -2.12. The number of imide groups is 1. The average molecular weight is 349 g/mol. The third-order valence-electron chi connectivity index (χ3n) is 2.81. The van der Waals surface area contributed by atoms with Crippen LogP contribution in [0.4, 0.5) is 13.6 Å². The van der Waals surface area contributed by atoms with Gasteiger partial charge in [0.15, 0.2) is 18.2 Å². The standard InChI is InChI=1S/C14H15ClF2N2O4/c1-3-7(2)18-14(22)19-12(20)6-23-13(21)8-4-10(16)11(17)5-9(8)15/h4-5,7H,3,6H2,1-2H3,(H2,18,19,20,22)/t7-/m0/s1. The van der Waals surface area contributed by atoms with Crippen LogP contribution in [-0.4, -0.2) is 30.6 Å². The fourth-order valence-corrected chi connectivity index (χ4v) is 1.64.